The number of nitrogens with zero attached hydrogens (tertiary/aromatic N) is 3. The van der Waals surface area contributed by atoms with E-state index in [9.17, 15) is 9.59 Å². The Morgan fingerprint density at radius 2 is 2.44 bits per heavy atom. The van der Waals surface area contributed by atoms with Crippen LogP contribution in [-0.4, -0.2) is 26.4 Å². The minimum absolute atomic E-state index is 0.137. The Labute approximate surface area is 109 Å². The molecule has 2 rings (SSSR count). The molecule has 0 fully saturated rings. The standard InChI is InChI=1S/C10H7N3O3S2/c11-2-3-13-9(16)8-6(1-4-17-8)12-10(13)18-5-7(14)15/h1,4H,3,5H2,(H,14,15). The number of aliphatic carboxylic acids is 1. The lowest BCUT2D eigenvalue weighted by atomic mass is 10.4. The molecular formula is C10H7N3O3S2. The summed E-state index contributed by atoms with van der Waals surface area (Å²) in [5.41, 5.74) is 0.233. The van der Waals surface area contributed by atoms with Gasteiger partial charge in [-0.1, -0.05) is 11.8 Å². The van der Waals surface area contributed by atoms with Crippen molar-refractivity contribution in [3.63, 3.8) is 0 Å². The number of rotatable bonds is 4. The number of thioether (sulfide) groups is 1. The summed E-state index contributed by atoms with van der Waals surface area (Å²) in [6, 6.07) is 3.57. The van der Waals surface area contributed by atoms with E-state index in [1.165, 1.54) is 15.9 Å². The lowest BCUT2D eigenvalue weighted by molar-refractivity contribution is -0.133. The van der Waals surface area contributed by atoms with Crippen LogP contribution in [0.4, 0.5) is 0 Å². The van der Waals surface area contributed by atoms with Crippen molar-refractivity contribution in [2.24, 2.45) is 0 Å². The lowest BCUT2D eigenvalue weighted by Crippen LogP contribution is -2.22. The van der Waals surface area contributed by atoms with Crippen molar-refractivity contribution in [2.45, 2.75) is 11.7 Å². The molecule has 0 saturated carbocycles. The highest BCUT2D eigenvalue weighted by Crippen LogP contribution is 2.20. The number of hydrogen-bond acceptors (Lipinski definition) is 6. The van der Waals surface area contributed by atoms with Crippen molar-refractivity contribution in [3.8, 4) is 6.07 Å². The maximum atomic E-state index is 12.1. The normalized spacial score (nSPS) is 10.4. The smallest absolute Gasteiger partial charge is 0.313 e. The average molecular weight is 281 g/mol. The summed E-state index contributed by atoms with van der Waals surface area (Å²) >= 11 is 2.19. The molecule has 0 atom stereocenters. The Balaban J connectivity index is 2.55. The van der Waals surface area contributed by atoms with Gasteiger partial charge in [-0.25, -0.2) is 4.98 Å². The molecule has 0 bridgehead atoms. The second-order valence-electron chi connectivity index (χ2n) is 3.26. The van der Waals surface area contributed by atoms with E-state index in [1.54, 1.807) is 11.4 Å². The molecule has 6 nitrogen and oxygen atoms in total. The van der Waals surface area contributed by atoms with Crippen LogP contribution in [0, 0.1) is 11.3 Å². The van der Waals surface area contributed by atoms with Crippen molar-refractivity contribution in [1.82, 2.24) is 9.55 Å². The number of nitriles is 1. The Kier molecular flexibility index (Phi) is 3.64. The van der Waals surface area contributed by atoms with E-state index >= 15 is 0 Å². The summed E-state index contributed by atoms with van der Waals surface area (Å²) in [5, 5.41) is 19.3. The largest absolute Gasteiger partial charge is 0.481 e. The number of carboxylic acids is 1. The van der Waals surface area contributed by atoms with E-state index < -0.39 is 5.97 Å². The lowest BCUT2D eigenvalue weighted by Gasteiger charge is -2.07. The second-order valence-corrected chi connectivity index (χ2v) is 5.12. The summed E-state index contributed by atoms with van der Waals surface area (Å²) < 4.78 is 1.68. The molecule has 92 valence electrons. The molecule has 0 spiro atoms. The van der Waals surface area contributed by atoms with E-state index in [2.05, 4.69) is 4.98 Å². The second kappa shape index (κ2) is 5.20. The van der Waals surface area contributed by atoms with Crippen LogP contribution >= 0.6 is 23.1 Å². The van der Waals surface area contributed by atoms with Crippen LogP contribution < -0.4 is 5.56 Å². The number of aromatic nitrogens is 2. The molecule has 2 heterocycles. The van der Waals surface area contributed by atoms with Crippen LogP contribution in [0.5, 0.6) is 0 Å². The first kappa shape index (κ1) is 12.6. The van der Waals surface area contributed by atoms with Gasteiger partial charge >= 0.3 is 5.97 Å². The fourth-order valence-electron chi connectivity index (χ4n) is 1.37. The SMILES string of the molecule is N#CCn1c(SCC(=O)O)nc2ccsc2c1=O. The molecule has 2 aromatic rings. The van der Waals surface area contributed by atoms with E-state index in [1.807, 2.05) is 6.07 Å². The molecule has 0 saturated heterocycles. The molecule has 1 N–H and O–H groups in total. The zero-order valence-corrected chi connectivity index (χ0v) is 10.6. The fourth-order valence-corrected chi connectivity index (χ4v) is 2.87. The third kappa shape index (κ3) is 2.37. The molecule has 18 heavy (non-hydrogen) atoms. The zero-order chi connectivity index (χ0) is 13.1. The van der Waals surface area contributed by atoms with Gasteiger partial charge in [-0.3, -0.25) is 14.2 Å². The zero-order valence-electron chi connectivity index (χ0n) is 8.99. The predicted molar refractivity (Wildman–Crippen MR) is 67.9 cm³/mol. The molecule has 0 amide bonds. The third-order valence-electron chi connectivity index (χ3n) is 2.08. The molecule has 0 radical (unpaired) electrons. The minimum atomic E-state index is -0.997. The predicted octanol–water partition coefficient (Wildman–Crippen LogP) is 1.16. The molecule has 8 heteroatoms. The molecule has 2 aromatic heterocycles. The summed E-state index contributed by atoms with van der Waals surface area (Å²) in [6.07, 6.45) is 0. The summed E-state index contributed by atoms with van der Waals surface area (Å²) in [6.45, 7) is -0.137. The van der Waals surface area contributed by atoms with Crippen LogP contribution in [0.2, 0.25) is 0 Å². The Bertz CT molecular complexity index is 698. The summed E-state index contributed by atoms with van der Waals surface area (Å²) in [7, 11) is 0. The average Bonchev–Trinajstić information content (AvgIpc) is 2.79. The first-order chi connectivity index (χ1) is 8.63. The molecular weight excluding hydrogens is 274 g/mol. The van der Waals surface area contributed by atoms with E-state index in [0.717, 1.165) is 11.8 Å². The van der Waals surface area contributed by atoms with Crippen LogP contribution in [-0.2, 0) is 11.3 Å². The molecule has 0 aliphatic carbocycles. The highest BCUT2D eigenvalue weighted by molar-refractivity contribution is 7.99. The molecule has 0 aliphatic heterocycles. The number of hydrogen-bond donors (Lipinski definition) is 1. The van der Waals surface area contributed by atoms with Gasteiger partial charge in [0, 0.05) is 0 Å². The van der Waals surface area contributed by atoms with Crippen molar-refractivity contribution in [3.05, 3.63) is 21.8 Å². The minimum Gasteiger partial charge on any atom is -0.481 e. The first-order valence-corrected chi connectivity index (χ1v) is 6.69. The summed E-state index contributed by atoms with van der Waals surface area (Å²) in [5.74, 6) is -1.20. The number of carboxylic acid groups (broad SMARTS) is 1. The van der Waals surface area contributed by atoms with Gasteiger partial charge in [0.2, 0.25) is 0 Å². The van der Waals surface area contributed by atoms with Gasteiger partial charge in [-0.15, -0.1) is 11.3 Å². The van der Waals surface area contributed by atoms with Gasteiger partial charge in [0.1, 0.15) is 11.2 Å². The first-order valence-electron chi connectivity index (χ1n) is 4.83. The Hall–Kier alpha value is -1.85. The third-order valence-corrected chi connectivity index (χ3v) is 3.94. The molecule has 0 unspecified atom stereocenters. The maximum absolute atomic E-state index is 12.1. The Morgan fingerprint density at radius 3 is 3.11 bits per heavy atom. The highest BCUT2D eigenvalue weighted by atomic mass is 32.2. The Morgan fingerprint density at radius 1 is 1.67 bits per heavy atom. The van der Waals surface area contributed by atoms with Gasteiger partial charge in [0.25, 0.3) is 5.56 Å². The monoisotopic (exact) mass is 281 g/mol. The van der Waals surface area contributed by atoms with Crippen LogP contribution in [0.15, 0.2) is 21.4 Å². The topological polar surface area (TPSA) is 96.0 Å². The van der Waals surface area contributed by atoms with Crippen LogP contribution in [0.25, 0.3) is 10.2 Å². The van der Waals surface area contributed by atoms with Gasteiger partial charge < -0.3 is 5.11 Å². The van der Waals surface area contributed by atoms with Gasteiger partial charge in [0.05, 0.1) is 17.3 Å². The van der Waals surface area contributed by atoms with Crippen molar-refractivity contribution in [1.29, 1.82) is 5.26 Å². The number of carbonyl (C=O) groups is 1. The van der Waals surface area contributed by atoms with E-state index in [-0.39, 0.29) is 23.0 Å². The number of thiophene rings is 1. The van der Waals surface area contributed by atoms with Gasteiger partial charge in [0.15, 0.2) is 5.16 Å². The van der Waals surface area contributed by atoms with Gasteiger partial charge in [-0.05, 0) is 11.4 Å². The fraction of sp³-hybridized carbons (Fsp3) is 0.200. The van der Waals surface area contributed by atoms with Crippen molar-refractivity contribution >= 4 is 39.3 Å². The van der Waals surface area contributed by atoms with Crippen LogP contribution in [0.3, 0.4) is 0 Å². The van der Waals surface area contributed by atoms with Crippen molar-refractivity contribution in [2.75, 3.05) is 5.75 Å². The van der Waals surface area contributed by atoms with E-state index in [4.69, 9.17) is 10.4 Å². The quantitative estimate of drug-likeness (QED) is 0.667. The summed E-state index contributed by atoms with van der Waals surface area (Å²) in [4.78, 5) is 26.8. The van der Waals surface area contributed by atoms with Crippen molar-refractivity contribution < 1.29 is 9.90 Å². The number of fused-ring (bicyclic) bond motifs is 1. The van der Waals surface area contributed by atoms with E-state index in [0.29, 0.717) is 10.2 Å². The highest BCUT2D eigenvalue weighted by Gasteiger charge is 2.13. The molecule has 0 aliphatic rings. The maximum Gasteiger partial charge on any atom is 0.313 e. The van der Waals surface area contributed by atoms with Gasteiger partial charge in [-0.2, -0.15) is 5.26 Å². The molecule has 0 aromatic carbocycles. The van der Waals surface area contributed by atoms with Crippen LogP contribution in [0.1, 0.15) is 0 Å².